The first-order valence-corrected chi connectivity index (χ1v) is 9.10. The summed E-state index contributed by atoms with van der Waals surface area (Å²) >= 11 is 0. The molecule has 2 atom stereocenters. The van der Waals surface area contributed by atoms with Gasteiger partial charge in [-0.15, -0.1) is 0 Å². The summed E-state index contributed by atoms with van der Waals surface area (Å²) in [6.07, 6.45) is 6.30. The second kappa shape index (κ2) is 8.76. The van der Waals surface area contributed by atoms with E-state index in [0.29, 0.717) is 12.3 Å². The number of rotatable bonds is 7. The Kier molecular flexibility index (Phi) is 6.17. The van der Waals surface area contributed by atoms with Crippen molar-refractivity contribution in [3.63, 3.8) is 0 Å². The van der Waals surface area contributed by atoms with Crippen LogP contribution in [0.1, 0.15) is 37.8 Å². The first-order chi connectivity index (χ1) is 12.2. The Bertz CT molecular complexity index is 643. The fourth-order valence-electron chi connectivity index (χ4n) is 3.49. The molecule has 1 aromatic heterocycles. The molecule has 6 heteroatoms. The van der Waals surface area contributed by atoms with Crippen molar-refractivity contribution in [3.8, 4) is 0 Å². The summed E-state index contributed by atoms with van der Waals surface area (Å²) in [5.74, 6) is 0.705. The molecule has 0 unspecified atom stereocenters. The molecule has 1 fully saturated rings. The van der Waals surface area contributed by atoms with Crippen molar-refractivity contribution in [3.05, 3.63) is 48.5 Å². The number of nitrogens with one attached hydrogen (secondary N) is 1. The molecule has 134 valence electrons. The van der Waals surface area contributed by atoms with Crippen LogP contribution in [0, 0.1) is 5.92 Å². The van der Waals surface area contributed by atoms with Crippen LogP contribution in [-0.2, 0) is 11.3 Å². The van der Waals surface area contributed by atoms with Gasteiger partial charge < -0.3 is 10.2 Å². The summed E-state index contributed by atoms with van der Waals surface area (Å²) in [6, 6.07) is 10.1. The quantitative estimate of drug-likeness (QED) is 0.839. The molecule has 0 spiro atoms. The van der Waals surface area contributed by atoms with E-state index in [2.05, 4.69) is 20.3 Å². The molecule has 1 aliphatic rings. The predicted octanol–water partition coefficient (Wildman–Crippen LogP) is 2.26. The molecule has 2 aromatic rings. The Morgan fingerprint density at radius 1 is 1.36 bits per heavy atom. The zero-order valence-electron chi connectivity index (χ0n) is 14.8. The van der Waals surface area contributed by atoms with Crippen molar-refractivity contribution < 1.29 is 4.79 Å². The zero-order chi connectivity index (χ0) is 17.5. The van der Waals surface area contributed by atoms with Crippen LogP contribution in [0.5, 0.6) is 0 Å². The van der Waals surface area contributed by atoms with Crippen molar-refractivity contribution in [1.29, 1.82) is 0 Å². The highest BCUT2D eigenvalue weighted by molar-refractivity contribution is 5.76. The van der Waals surface area contributed by atoms with Gasteiger partial charge in [-0.2, -0.15) is 5.10 Å². The van der Waals surface area contributed by atoms with Crippen LogP contribution >= 0.6 is 0 Å². The summed E-state index contributed by atoms with van der Waals surface area (Å²) in [5.41, 5.74) is 1.14. The maximum atomic E-state index is 12.2. The molecule has 0 bridgehead atoms. The fourth-order valence-corrected chi connectivity index (χ4v) is 3.49. The Hall–Kier alpha value is -2.21. The second-order valence-electron chi connectivity index (χ2n) is 6.88. The number of nitrogens with zero attached hydrogens (tertiary/aromatic N) is 4. The minimum atomic E-state index is 0.0510. The van der Waals surface area contributed by atoms with Crippen LogP contribution < -0.4 is 5.32 Å². The average molecular weight is 341 g/mol. The number of carbonyl (C=O) groups is 1. The summed E-state index contributed by atoms with van der Waals surface area (Å²) in [6.45, 7) is 5.87. The molecule has 2 heterocycles. The van der Waals surface area contributed by atoms with Crippen molar-refractivity contribution >= 4 is 5.91 Å². The maximum Gasteiger partial charge on any atom is 0.221 e. The molecule has 25 heavy (non-hydrogen) atoms. The number of hydrogen-bond donors (Lipinski definition) is 1. The Labute approximate surface area is 149 Å². The van der Waals surface area contributed by atoms with E-state index in [1.807, 2.05) is 41.9 Å². The van der Waals surface area contributed by atoms with Crippen molar-refractivity contribution in [2.24, 2.45) is 5.92 Å². The van der Waals surface area contributed by atoms with E-state index in [-0.39, 0.29) is 11.9 Å². The van der Waals surface area contributed by atoms with E-state index in [4.69, 9.17) is 0 Å². The second-order valence-corrected chi connectivity index (χ2v) is 6.88. The minimum Gasteiger partial charge on any atom is -0.350 e. The van der Waals surface area contributed by atoms with Crippen LogP contribution in [0.25, 0.3) is 0 Å². The third kappa shape index (κ3) is 5.39. The monoisotopic (exact) mass is 341 g/mol. The SMILES string of the molecule is C[C@H](NC(=O)CCN1CCC[C@H](Cn2cncn2)C1)c1ccccc1. The summed E-state index contributed by atoms with van der Waals surface area (Å²) in [5, 5.41) is 7.29. The van der Waals surface area contributed by atoms with E-state index in [1.54, 1.807) is 12.7 Å². The number of carbonyl (C=O) groups excluding carboxylic acids is 1. The van der Waals surface area contributed by atoms with Crippen LogP contribution in [0.2, 0.25) is 0 Å². The molecule has 0 radical (unpaired) electrons. The lowest BCUT2D eigenvalue weighted by Gasteiger charge is -2.32. The molecule has 1 N–H and O–H groups in total. The van der Waals surface area contributed by atoms with E-state index in [0.717, 1.165) is 31.7 Å². The minimum absolute atomic E-state index is 0.0510. The van der Waals surface area contributed by atoms with Crippen LogP contribution in [0.15, 0.2) is 43.0 Å². The van der Waals surface area contributed by atoms with Gasteiger partial charge in [0.2, 0.25) is 5.91 Å². The van der Waals surface area contributed by atoms with Gasteiger partial charge in [0.15, 0.2) is 0 Å². The van der Waals surface area contributed by atoms with E-state index in [1.165, 1.54) is 12.8 Å². The number of piperidine rings is 1. The fraction of sp³-hybridized carbons (Fsp3) is 0.526. The van der Waals surface area contributed by atoms with Crippen molar-refractivity contribution in [2.75, 3.05) is 19.6 Å². The van der Waals surface area contributed by atoms with Crippen LogP contribution in [-0.4, -0.2) is 45.2 Å². The average Bonchev–Trinajstić information content (AvgIpc) is 3.14. The zero-order valence-corrected chi connectivity index (χ0v) is 14.8. The van der Waals surface area contributed by atoms with Gasteiger partial charge in [-0.05, 0) is 37.8 Å². The van der Waals surface area contributed by atoms with E-state index < -0.39 is 0 Å². The smallest absolute Gasteiger partial charge is 0.221 e. The molecule has 3 rings (SSSR count). The van der Waals surface area contributed by atoms with E-state index in [9.17, 15) is 4.79 Å². The van der Waals surface area contributed by atoms with Crippen molar-refractivity contribution in [2.45, 2.75) is 38.8 Å². The standard InChI is InChI=1S/C19H27N5O/c1-16(18-7-3-2-4-8-18)22-19(25)9-11-23-10-5-6-17(12-23)13-24-15-20-14-21-24/h2-4,7-8,14-17H,5-6,9-13H2,1H3,(H,22,25)/t16-,17-/m0/s1. The van der Waals surface area contributed by atoms with Gasteiger partial charge in [0, 0.05) is 26.1 Å². The van der Waals surface area contributed by atoms with E-state index >= 15 is 0 Å². The Morgan fingerprint density at radius 2 is 2.20 bits per heavy atom. The summed E-state index contributed by atoms with van der Waals surface area (Å²) in [4.78, 5) is 18.7. The number of likely N-dealkylation sites (tertiary alicyclic amines) is 1. The number of benzene rings is 1. The van der Waals surface area contributed by atoms with Crippen LogP contribution in [0.4, 0.5) is 0 Å². The lowest BCUT2D eigenvalue weighted by atomic mass is 9.98. The lowest BCUT2D eigenvalue weighted by Crippen LogP contribution is -2.39. The summed E-state index contributed by atoms with van der Waals surface area (Å²) in [7, 11) is 0. The third-order valence-electron chi connectivity index (χ3n) is 4.85. The third-order valence-corrected chi connectivity index (χ3v) is 4.85. The van der Waals surface area contributed by atoms with Crippen LogP contribution in [0.3, 0.4) is 0 Å². The number of amides is 1. The van der Waals surface area contributed by atoms with Gasteiger partial charge in [0.25, 0.3) is 0 Å². The van der Waals surface area contributed by atoms with Gasteiger partial charge in [-0.25, -0.2) is 4.98 Å². The molecule has 0 aliphatic carbocycles. The van der Waals surface area contributed by atoms with Gasteiger partial charge in [0.05, 0.1) is 6.04 Å². The highest BCUT2D eigenvalue weighted by Gasteiger charge is 2.21. The molecule has 0 saturated carbocycles. The molecule has 1 saturated heterocycles. The molecule has 6 nitrogen and oxygen atoms in total. The highest BCUT2D eigenvalue weighted by Crippen LogP contribution is 2.18. The van der Waals surface area contributed by atoms with Gasteiger partial charge in [0.1, 0.15) is 12.7 Å². The molecular weight excluding hydrogens is 314 g/mol. The lowest BCUT2D eigenvalue weighted by molar-refractivity contribution is -0.122. The molecular formula is C19H27N5O. The maximum absolute atomic E-state index is 12.2. The summed E-state index contributed by atoms with van der Waals surface area (Å²) < 4.78 is 1.91. The highest BCUT2D eigenvalue weighted by atomic mass is 16.1. The predicted molar refractivity (Wildman–Crippen MR) is 96.8 cm³/mol. The molecule has 1 amide bonds. The Morgan fingerprint density at radius 3 is 2.96 bits per heavy atom. The molecule has 1 aliphatic heterocycles. The topological polar surface area (TPSA) is 63.1 Å². The first kappa shape index (κ1) is 17.6. The van der Waals surface area contributed by atoms with Gasteiger partial charge >= 0.3 is 0 Å². The van der Waals surface area contributed by atoms with Crippen molar-refractivity contribution in [1.82, 2.24) is 25.0 Å². The largest absolute Gasteiger partial charge is 0.350 e. The number of hydrogen-bond acceptors (Lipinski definition) is 4. The normalized spacial score (nSPS) is 19.5. The van der Waals surface area contributed by atoms with Gasteiger partial charge in [-0.3, -0.25) is 9.48 Å². The molecule has 1 aromatic carbocycles. The number of aromatic nitrogens is 3. The first-order valence-electron chi connectivity index (χ1n) is 9.10. The Balaban J connectivity index is 1.40. The van der Waals surface area contributed by atoms with Gasteiger partial charge in [-0.1, -0.05) is 30.3 Å².